The zero-order valence-corrected chi connectivity index (χ0v) is 14.5. The molecule has 1 saturated heterocycles. The molecule has 3 aromatic rings. The normalized spacial score (nSPS) is 20.2. The van der Waals surface area contributed by atoms with E-state index in [4.69, 9.17) is 14.4 Å². The predicted octanol–water partition coefficient (Wildman–Crippen LogP) is 3.80. The van der Waals surface area contributed by atoms with Gasteiger partial charge in [0.25, 0.3) is 0 Å². The highest BCUT2D eigenvalue weighted by molar-refractivity contribution is 5.72. The number of fused-ring (bicyclic) bond motifs is 2. The maximum atomic E-state index is 6.04. The maximum Gasteiger partial charge on any atom is 0.200 e. The fraction of sp³-hybridized carbons (Fsp3) is 0.450. The molecule has 0 saturated carbocycles. The van der Waals surface area contributed by atoms with Crippen LogP contribution in [0.1, 0.15) is 48.2 Å². The van der Waals surface area contributed by atoms with Crippen molar-refractivity contribution in [1.29, 1.82) is 0 Å². The lowest BCUT2D eigenvalue weighted by atomic mass is 9.97. The standard InChI is InChI=1S/C20H22N4O/c1-13-21-16-9-4-7-15(16)19(22-13)24-11-5-6-14(12-24)20-23-17-8-2-3-10-18(17)25-20/h2-3,8,10,14H,4-7,9,11-12H2,1H3. The van der Waals surface area contributed by atoms with E-state index in [1.807, 2.05) is 31.2 Å². The Bertz CT molecular complexity index is 900. The highest BCUT2D eigenvalue weighted by Crippen LogP contribution is 2.34. The van der Waals surface area contributed by atoms with Crippen molar-refractivity contribution >= 4 is 16.9 Å². The Balaban J connectivity index is 1.47. The molecule has 1 aliphatic carbocycles. The van der Waals surface area contributed by atoms with E-state index >= 15 is 0 Å². The van der Waals surface area contributed by atoms with Crippen LogP contribution in [0.4, 0.5) is 5.82 Å². The Morgan fingerprint density at radius 3 is 2.92 bits per heavy atom. The third-order valence-corrected chi connectivity index (χ3v) is 5.40. The van der Waals surface area contributed by atoms with E-state index < -0.39 is 0 Å². The molecular weight excluding hydrogens is 312 g/mol. The van der Waals surface area contributed by atoms with Gasteiger partial charge in [-0.1, -0.05) is 12.1 Å². The number of hydrogen-bond acceptors (Lipinski definition) is 5. The Morgan fingerprint density at radius 2 is 2.00 bits per heavy atom. The number of hydrogen-bond donors (Lipinski definition) is 0. The molecular formula is C20H22N4O. The number of para-hydroxylation sites is 2. The molecule has 5 rings (SSSR count). The van der Waals surface area contributed by atoms with Crippen LogP contribution in [0, 0.1) is 6.92 Å². The summed E-state index contributed by atoms with van der Waals surface area (Å²) in [5.74, 6) is 3.24. The highest BCUT2D eigenvalue weighted by atomic mass is 16.3. The highest BCUT2D eigenvalue weighted by Gasteiger charge is 2.29. The number of piperidine rings is 1. The van der Waals surface area contributed by atoms with Crippen LogP contribution in [-0.2, 0) is 12.8 Å². The molecule has 0 spiro atoms. The minimum atomic E-state index is 0.327. The van der Waals surface area contributed by atoms with Crippen LogP contribution in [-0.4, -0.2) is 28.0 Å². The van der Waals surface area contributed by atoms with Gasteiger partial charge in [0, 0.05) is 24.3 Å². The summed E-state index contributed by atoms with van der Waals surface area (Å²) >= 11 is 0. The van der Waals surface area contributed by atoms with Crippen LogP contribution in [0.5, 0.6) is 0 Å². The Hall–Kier alpha value is -2.43. The molecule has 1 fully saturated rings. The number of rotatable bonds is 2. The summed E-state index contributed by atoms with van der Waals surface area (Å²) in [6, 6.07) is 8.02. The molecule has 3 heterocycles. The van der Waals surface area contributed by atoms with E-state index in [1.165, 1.54) is 17.7 Å². The van der Waals surface area contributed by atoms with Crippen LogP contribution < -0.4 is 4.90 Å². The summed E-state index contributed by atoms with van der Waals surface area (Å²) in [4.78, 5) is 16.6. The first-order valence-electron chi connectivity index (χ1n) is 9.25. The van der Waals surface area contributed by atoms with E-state index in [1.54, 1.807) is 0 Å². The van der Waals surface area contributed by atoms with Gasteiger partial charge in [0.15, 0.2) is 11.5 Å². The topological polar surface area (TPSA) is 55.1 Å². The van der Waals surface area contributed by atoms with Crippen LogP contribution in [0.25, 0.3) is 11.1 Å². The van der Waals surface area contributed by atoms with E-state index in [-0.39, 0.29) is 0 Å². The minimum Gasteiger partial charge on any atom is -0.440 e. The van der Waals surface area contributed by atoms with Gasteiger partial charge in [0.05, 0.1) is 5.92 Å². The zero-order valence-electron chi connectivity index (χ0n) is 14.5. The second-order valence-electron chi connectivity index (χ2n) is 7.18. The van der Waals surface area contributed by atoms with E-state index in [9.17, 15) is 0 Å². The van der Waals surface area contributed by atoms with Gasteiger partial charge in [0.2, 0.25) is 0 Å². The van der Waals surface area contributed by atoms with Crippen molar-refractivity contribution in [1.82, 2.24) is 15.0 Å². The Kier molecular flexibility index (Phi) is 3.47. The molecule has 1 aliphatic heterocycles. The van der Waals surface area contributed by atoms with Gasteiger partial charge in [0.1, 0.15) is 17.2 Å². The number of benzene rings is 1. The molecule has 5 heteroatoms. The Morgan fingerprint density at radius 1 is 1.08 bits per heavy atom. The molecule has 0 amide bonds. The second-order valence-corrected chi connectivity index (χ2v) is 7.18. The van der Waals surface area contributed by atoms with Gasteiger partial charge in [-0.15, -0.1) is 0 Å². The summed E-state index contributed by atoms with van der Waals surface area (Å²) in [5, 5.41) is 0. The number of aromatic nitrogens is 3. The largest absolute Gasteiger partial charge is 0.440 e. The van der Waals surface area contributed by atoms with E-state index in [0.29, 0.717) is 5.92 Å². The summed E-state index contributed by atoms with van der Waals surface area (Å²) in [7, 11) is 0. The van der Waals surface area contributed by atoms with E-state index in [0.717, 1.165) is 67.4 Å². The smallest absolute Gasteiger partial charge is 0.200 e. The molecule has 128 valence electrons. The number of oxazole rings is 1. The van der Waals surface area contributed by atoms with Crippen molar-refractivity contribution in [3.8, 4) is 0 Å². The Labute approximate surface area is 147 Å². The van der Waals surface area contributed by atoms with Gasteiger partial charge in [-0.05, 0) is 51.2 Å². The minimum absolute atomic E-state index is 0.327. The SMILES string of the molecule is Cc1nc2c(c(N3CCCC(c4nc5ccccc5o4)C3)n1)CCC2. The molecule has 5 nitrogen and oxygen atoms in total. The molecule has 0 N–H and O–H groups in total. The fourth-order valence-corrected chi connectivity index (χ4v) is 4.23. The average Bonchev–Trinajstić information content (AvgIpc) is 3.27. The van der Waals surface area contributed by atoms with Crippen LogP contribution in [0.3, 0.4) is 0 Å². The molecule has 1 aromatic carbocycles. The monoisotopic (exact) mass is 334 g/mol. The number of anilines is 1. The van der Waals surface area contributed by atoms with Gasteiger partial charge < -0.3 is 9.32 Å². The fourth-order valence-electron chi connectivity index (χ4n) is 4.23. The lowest BCUT2D eigenvalue weighted by molar-refractivity contribution is 0.412. The predicted molar refractivity (Wildman–Crippen MR) is 97.0 cm³/mol. The van der Waals surface area contributed by atoms with Gasteiger partial charge >= 0.3 is 0 Å². The van der Waals surface area contributed by atoms with Gasteiger partial charge in [-0.2, -0.15) is 0 Å². The van der Waals surface area contributed by atoms with Crippen LogP contribution in [0.15, 0.2) is 28.7 Å². The van der Waals surface area contributed by atoms with Gasteiger partial charge in [-0.25, -0.2) is 15.0 Å². The van der Waals surface area contributed by atoms with Crippen LogP contribution in [0.2, 0.25) is 0 Å². The number of aryl methyl sites for hydroxylation is 2. The quantitative estimate of drug-likeness (QED) is 0.713. The first-order valence-corrected chi connectivity index (χ1v) is 9.25. The van der Waals surface area contributed by atoms with Crippen LogP contribution >= 0.6 is 0 Å². The van der Waals surface area contributed by atoms with Crippen molar-refractivity contribution in [2.75, 3.05) is 18.0 Å². The van der Waals surface area contributed by atoms with Gasteiger partial charge in [-0.3, -0.25) is 0 Å². The first-order chi connectivity index (χ1) is 12.3. The second kappa shape index (κ2) is 5.83. The van der Waals surface area contributed by atoms with Crippen molar-refractivity contribution in [2.45, 2.75) is 44.9 Å². The molecule has 0 bridgehead atoms. The maximum absolute atomic E-state index is 6.04. The van der Waals surface area contributed by atoms with Crippen molar-refractivity contribution < 1.29 is 4.42 Å². The molecule has 2 aliphatic rings. The summed E-state index contributed by atoms with van der Waals surface area (Å²) < 4.78 is 6.04. The zero-order chi connectivity index (χ0) is 16.8. The third kappa shape index (κ3) is 2.58. The summed E-state index contributed by atoms with van der Waals surface area (Å²) in [5.41, 5.74) is 4.46. The molecule has 0 radical (unpaired) electrons. The molecule has 1 unspecified atom stereocenters. The van der Waals surface area contributed by atoms with E-state index in [2.05, 4.69) is 9.88 Å². The van der Waals surface area contributed by atoms with Crippen molar-refractivity contribution in [3.05, 3.63) is 47.2 Å². The molecule has 2 aromatic heterocycles. The molecule has 1 atom stereocenters. The third-order valence-electron chi connectivity index (χ3n) is 5.40. The lowest BCUT2D eigenvalue weighted by Crippen LogP contribution is -2.36. The summed E-state index contributed by atoms with van der Waals surface area (Å²) in [6.07, 6.45) is 5.66. The molecule has 25 heavy (non-hydrogen) atoms. The lowest BCUT2D eigenvalue weighted by Gasteiger charge is -2.33. The number of nitrogens with zero attached hydrogens (tertiary/aromatic N) is 4. The average molecular weight is 334 g/mol. The first kappa shape index (κ1) is 14.9. The van der Waals surface area contributed by atoms with Crippen molar-refractivity contribution in [2.24, 2.45) is 0 Å². The van der Waals surface area contributed by atoms with Crippen molar-refractivity contribution in [3.63, 3.8) is 0 Å². The summed E-state index contributed by atoms with van der Waals surface area (Å²) in [6.45, 7) is 3.99.